The van der Waals surface area contributed by atoms with E-state index in [4.69, 9.17) is 4.74 Å². The molecule has 4 rings (SSSR count). The fraction of sp³-hybridized carbons (Fsp3) is 0.333. The Bertz CT molecular complexity index is 1260. The van der Waals surface area contributed by atoms with Crippen LogP contribution in [0.5, 0.6) is 5.75 Å². The van der Waals surface area contributed by atoms with Crippen LogP contribution in [0.4, 0.5) is 15.9 Å². The number of halogens is 1. The Kier molecular flexibility index (Phi) is 9.61. The average Bonchev–Trinajstić information content (AvgIpc) is 3.45. The van der Waals surface area contributed by atoms with Gasteiger partial charge in [-0.3, -0.25) is 19.3 Å². The van der Waals surface area contributed by atoms with Gasteiger partial charge in [-0.1, -0.05) is 37.1 Å². The highest BCUT2D eigenvalue weighted by molar-refractivity contribution is 6.01. The third-order valence-corrected chi connectivity index (χ3v) is 6.72. The molecule has 0 saturated heterocycles. The van der Waals surface area contributed by atoms with Crippen molar-refractivity contribution in [1.29, 1.82) is 0 Å². The number of pyridine rings is 1. The maximum atomic E-state index is 14.3. The van der Waals surface area contributed by atoms with E-state index in [-0.39, 0.29) is 42.8 Å². The van der Waals surface area contributed by atoms with Gasteiger partial charge in [-0.25, -0.2) is 9.37 Å². The lowest BCUT2D eigenvalue weighted by Gasteiger charge is -2.32. The third-order valence-electron chi connectivity index (χ3n) is 6.72. The number of carbonyl (C=O) groups is 3. The van der Waals surface area contributed by atoms with E-state index < -0.39 is 17.8 Å². The predicted octanol–water partition coefficient (Wildman–Crippen LogP) is 5.17. The molecule has 3 amide bonds. The maximum Gasteiger partial charge on any atom is 0.248 e. The fourth-order valence-electron chi connectivity index (χ4n) is 4.78. The summed E-state index contributed by atoms with van der Waals surface area (Å²) in [4.78, 5) is 45.3. The van der Waals surface area contributed by atoms with Crippen molar-refractivity contribution in [3.63, 3.8) is 0 Å². The molecule has 1 aliphatic rings. The molecule has 1 heterocycles. The van der Waals surface area contributed by atoms with Gasteiger partial charge in [0.15, 0.2) is 0 Å². The van der Waals surface area contributed by atoms with Gasteiger partial charge in [0, 0.05) is 30.8 Å². The van der Waals surface area contributed by atoms with Crippen LogP contribution in [0.3, 0.4) is 0 Å². The zero-order valence-electron chi connectivity index (χ0n) is 21.9. The van der Waals surface area contributed by atoms with Crippen molar-refractivity contribution in [2.45, 2.75) is 57.0 Å². The molecule has 0 radical (unpaired) electrons. The number of aromatic nitrogens is 1. The monoisotopic (exact) mass is 532 g/mol. The van der Waals surface area contributed by atoms with Gasteiger partial charge in [-0.05, 0) is 67.3 Å². The number of anilines is 2. The van der Waals surface area contributed by atoms with E-state index in [9.17, 15) is 18.8 Å². The van der Waals surface area contributed by atoms with Crippen molar-refractivity contribution < 1.29 is 23.5 Å². The molecule has 1 unspecified atom stereocenters. The van der Waals surface area contributed by atoms with E-state index in [1.807, 2.05) is 0 Å². The Labute approximate surface area is 227 Å². The topological polar surface area (TPSA) is 101 Å². The number of nitrogens with one attached hydrogen (secondary N) is 2. The van der Waals surface area contributed by atoms with Gasteiger partial charge in [0.05, 0.1) is 7.11 Å². The second-order valence-electron chi connectivity index (χ2n) is 9.53. The van der Waals surface area contributed by atoms with Crippen LogP contribution in [-0.4, -0.2) is 35.9 Å². The molecule has 8 nitrogen and oxygen atoms in total. The molecule has 204 valence electrons. The quantitative estimate of drug-likeness (QED) is 0.355. The van der Waals surface area contributed by atoms with Crippen LogP contribution in [0.2, 0.25) is 0 Å². The fourth-order valence-corrected chi connectivity index (χ4v) is 4.78. The molecule has 1 aliphatic carbocycles. The first-order valence-corrected chi connectivity index (χ1v) is 13.2. The number of rotatable bonds is 11. The van der Waals surface area contributed by atoms with Gasteiger partial charge in [-0.2, -0.15) is 0 Å². The molecule has 0 aliphatic heterocycles. The maximum absolute atomic E-state index is 14.3. The predicted molar refractivity (Wildman–Crippen MR) is 147 cm³/mol. The van der Waals surface area contributed by atoms with E-state index in [1.165, 1.54) is 23.1 Å². The number of amides is 3. The summed E-state index contributed by atoms with van der Waals surface area (Å²) in [5, 5.41) is 5.80. The number of ether oxygens (including phenoxy) is 1. The van der Waals surface area contributed by atoms with E-state index in [0.717, 1.165) is 25.7 Å². The molecule has 0 spiro atoms. The zero-order valence-corrected chi connectivity index (χ0v) is 21.9. The number of carbonyl (C=O) groups excluding carboxylic acids is 3. The van der Waals surface area contributed by atoms with E-state index >= 15 is 0 Å². The SMILES string of the molecule is COc1ccc(C(C(=O)NC2CCCC2)N(C(=O)CCCC(=O)Nc2ccccn2)c2cccc(F)c2)cc1. The Morgan fingerprint density at radius 3 is 2.46 bits per heavy atom. The van der Waals surface area contributed by atoms with Gasteiger partial charge < -0.3 is 15.4 Å². The highest BCUT2D eigenvalue weighted by Crippen LogP contribution is 2.31. The van der Waals surface area contributed by atoms with Crippen LogP contribution in [0.25, 0.3) is 0 Å². The summed E-state index contributed by atoms with van der Waals surface area (Å²) in [6.45, 7) is 0. The van der Waals surface area contributed by atoms with E-state index in [1.54, 1.807) is 61.8 Å². The van der Waals surface area contributed by atoms with Gasteiger partial charge in [0.2, 0.25) is 17.7 Å². The summed E-state index contributed by atoms with van der Waals surface area (Å²) in [6, 6.07) is 16.7. The molecule has 9 heteroatoms. The van der Waals surface area contributed by atoms with E-state index in [2.05, 4.69) is 15.6 Å². The van der Waals surface area contributed by atoms with Crippen molar-refractivity contribution in [3.05, 3.63) is 84.3 Å². The molecule has 3 aromatic rings. The second kappa shape index (κ2) is 13.5. The highest BCUT2D eigenvalue weighted by atomic mass is 19.1. The molecular weight excluding hydrogens is 499 g/mol. The van der Waals surface area contributed by atoms with Crippen molar-refractivity contribution in [3.8, 4) is 5.75 Å². The highest BCUT2D eigenvalue weighted by Gasteiger charge is 2.34. The Balaban J connectivity index is 1.58. The summed E-state index contributed by atoms with van der Waals surface area (Å²) in [5.74, 6) is -0.491. The Morgan fingerprint density at radius 2 is 1.79 bits per heavy atom. The summed E-state index contributed by atoms with van der Waals surface area (Å²) >= 11 is 0. The van der Waals surface area contributed by atoms with Crippen molar-refractivity contribution >= 4 is 29.2 Å². The third kappa shape index (κ3) is 7.63. The molecule has 0 bridgehead atoms. The zero-order chi connectivity index (χ0) is 27.6. The normalized spacial score (nSPS) is 13.9. The number of hydrogen-bond acceptors (Lipinski definition) is 5. The molecule has 2 aromatic carbocycles. The summed E-state index contributed by atoms with van der Waals surface area (Å²) in [5.41, 5.74) is 0.831. The Morgan fingerprint density at radius 1 is 1.03 bits per heavy atom. The van der Waals surface area contributed by atoms with Gasteiger partial charge in [0.1, 0.15) is 23.4 Å². The molecule has 1 saturated carbocycles. The minimum atomic E-state index is -1.03. The summed E-state index contributed by atoms with van der Waals surface area (Å²) < 4.78 is 19.6. The van der Waals surface area contributed by atoms with Gasteiger partial charge in [-0.15, -0.1) is 0 Å². The lowest BCUT2D eigenvalue weighted by Crippen LogP contribution is -2.46. The number of nitrogens with zero attached hydrogens (tertiary/aromatic N) is 2. The molecule has 1 fully saturated rings. The molecular formula is C30H33FN4O4. The molecule has 39 heavy (non-hydrogen) atoms. The largest absolute Gasteiger partial charge is 0.497 e. The first-order valence-electron chi connectivity index (χ1n) is 13.2. The number of hydrogen-bond donors (Lipinski definition) is 2. The van der Waals surface area contributed by atoms with Crippen LogP contribution in [0.15, 0.2) is 72.9 Å². The van der Waals surface area contributed by atoms with Crippen LogP contribution in [-0.2, 0) is 14.4 Å². The molecule has 1 aromatic heterocycles. The minimum Gasteiger partial charge on any atom is -0.497 e. The van der Waals surface area contributed by atoms with E-state index in [0.29, 0.717) is 17.1 Å². The van der Waals surface area contributed by atoms with Gasteiger partial charge >= 0.3 is 0 Å². The van der Waals surface area contributed by atoms with Crippen molar-refractivity contribution in [2.75, 3.05) is 17.3 Å². The summed E-state index contributed by atoms with van der Waals surface area (Å²) in [6.07, 6.45) is 5.70. The van der Waals surface area contributed by atoms with Crippen LogP contribution >= 0.6 is 0 Å². The second-order valence-corrected chi connectivity index (χ2v) is 9.53. The van der Waals surface area contributed by atoms with Gasteiger partial charge in [0.25, 0.3) is 0 Å². The van der Waals surface area contributed by atoms with Crippen molar-refractivity contribution in [2.24, 2.45) is 0 Å². The van der Waals surface area contributed by atoms with Crippen LogP contribution in [0, 0.1) is 5.82 Å². The minimum absolute atomic E-state index is 0.0183. The first kappa shape index (κ1) is 27.8. The average molecular weight is 533 g/mol. The summed E-state index contributed by atoms with van der Waals surface area (Å²) in [7, 11) is 1.55. The molecule has 2 N–H and O–H groups in total. The lowest BCUT2D eigenvalue weighted by atomic mass is 10.0. The van der Waals surface area contributed by atoms with Crippen LogP contribution in [0.1, 0.15) is 56.6 Å². The number of methoxy groups -OCH3 is 1. The first-order chi connectivity index (χ1) is 18.9. The molecule has 1 atom stereocenters. The lowest BCUT2D eigenvalue weighted by molar-refractivity contribution is -0.127. The van der Waals surface area contributed by atoms with Crippen molar-refractivity contribution in [1.82, 2.24) is 10.3 Å². The number of benzene rings is 2. The Hall–Kier alpha value is -4.27. The standard InChI is InChI=1S/C30H33FN4O4/c1-39-25-17-15-21(16-18-25)29(30(38)33-23-9-2-3-10-23)35(24-11-6-8-22(31)20-24)28(37)14-7-13-27(36)34-26-12-4-5-19-32-26/h4-6,8,11-12,15-20,23,29H,2-3,7,9-10,13-14H2,1H3,(H,33,38)(H,32,34,36). The smallest absolute Gasteiger partial charge is 0.248 e. The van der Waals surface area contributed by atoms with Crippen LogP contribution < -0.4 is 20.3 Å².